The van der Waals surface area contributed by atoms with Gasteiger partial charge in [0, 0.05) is 0 Å². The van der Waals surface area contributed by atoms with Crippen LogP contribution in [0.2, 0.25) is 0 Å². The number of hydrogen-bond donors (Lipinski definition) is 0. The average molecular weight is 326 g/mol. The molecule has 20 heavy (non-hydrogen) atoms. The monoisotopic (exact) mass is 326 g/mol. The van der Waals surface area contributed by atoms with Crippen LogP contribution in [0.1, 0.15) is 0 Å². The molecule has 0 aliphatic rings. The summed E-state index contributed by atoms with van der Waals surface area (Å²) in [5, 5.41) is 0. The Kier molecular flexibility index (Phi) is 4.92. The van der Waals surface area contributed by atoms with Crippen LogP contribution in [0.4, 0.5) is 43.9 Å². The minimum atomic E-state index is -6.96. The normalized spacial score (nSPS) is 15.9. The van der Waals surface area contributed by atoms with E-state index in [1.807, 2.05) is 0 Å². The van der Waals surface area contributed by atoms with Gasteiger partial charge in [0.2, 0.25) is 0 Å². The second-order valence-electron chi connectivity index (χ2n) is 3.14. The van der Waals surface area contributed by atoms with Gasteiger partial charge >= 0.3 is 30.1 Å². The fourth-order valence-corrected chi connectivity index (χ4v) is 0.672. The highest BCUT2D eigenvalue weighted by molar-refractivity contribution is 5.77. The van der Waals surface area contributed by atoms with Gasteiger partial charge in [-0.2, -0.15) is 39.5 Å². The van der Waals surface area contributed by atoms with Crippen molar-refractivity contribution in [2.45, 2.75) is 30.5 Å². The number of rotatable bonds is 5. The molecule has 1 atom stereocenters. The van der Waals surface area contributed by atoms with Crippen LogP contribution in [0.15, 0.2) is 0 Å². The van der Waals surface area contributed by atoms with Crippen molar-refractivity contribution in [3.63, 3.8) is 0 Å². The van der Waals surface area contributed by atoms with Crippen molar-refractivity contribution < 1.29 is 58.2 Å². The first-order valence-electron chi connectivity index (χ1n) is 4.21. The van der Waals surface area contributed by atoms with E-state index in [2.05, 4.69) is 9.47 Å². The van der Waals surface area contributed by atoms with E-state index in [9.17, 15) is 48.7 Å². The first-order chi connectivity index (χ1) is 8.61. The van der Waals surface area contributed by atoms with Crippen LogP contribution in [0.5, 0.6) is 0 Å². The average Bonchev–Trinajstić information content (AvgIpc) is 2.25. The van der Waals surface area contributed by atoms with Gasteiger partial charge in [-0.1, -0.05) is 0 Å². The summed E-state index contributed by atoms with van der Waals surface area (Å²) in [5.41, 5.74) is 0. The second-order valence-corrected chi connectivity index (χ2v) is 3.14. The summed E-state index contributed by atoms with van der Waals surface area (Å²) in [5.74, 6) is -15.3. The number of carbonyl (C=O) groups excluding carboxylic acids is 1. The smallest absolute Gasteiger partial charge is 0.462 e. The summed E-state index contributed by atoms with van der Waals surface area (Å²) in [4.78, 5) is 10.3. The predicted molar refractivity (Wildman–Crippen MR) is 38.9 cm³/mol. The number of carbonyl (C=O) groups is 1. The summed E-state index contributed by atoms with van der Waals surface area (Å²) in [7, 11) is 0.255. The summed E-state index contributed by atoms with van der Waals surface area (Å²) >= 11 is 0. The Morgan fingerprint density at radius 2 is 1.35 bits per heavy atom. The number of halogens is 10. The zero-order valence-electron chi connectivity index (χ0n) is 9.08. The summed E-state index contributed by atoms with van der Waals surface area (Å²) < 4.78 is 127. The molecule has 0 N–H and O–H groups in total. The van der Waals surface area contributed by atoms with Gasteiger partial charge in [-0.05, 0) is 0 Å². The maximum Gasteiger partial charge on any atom is 0.462 e. The van der Waals surface area contributed by atoms with Crippen LogP contribution in [0, 0.1) is 0 Å². The molecule has 0 aliphatic heterocycles. The summed E-state index contributed by atoms with van der Waals surface area (Å²) in [6.07, 6.45) is -18.4. The molecule has 0 saturated heterocycles. The quantitative estimate of drug-likeness (QED) is 0.576. The zero-order chi connectivity index (χ0) is 16.6. The van der Waals surface area contributed by atoms with E-state index in [-0.39, 0.29) is 7.11 Å². The lowest BCUT2D eigenvalue weighted by Gasteiger charge is -2.29. The molecule has 0 rings (SSSR count). The highest BCUT2D eigenvalue weighted by atomic mass is 19.4. The SMILES string of the molecule is COC(=O)C(F)(F)C(F)OC(F)(F)C(F)(F)C(F)(F)F. The molecular weight excluding hydrogens is 322 g/mol. The molecular formula is C7H4F10O3. The summed E-state index contributed by atoms with van der Waals surface area (Å²) in [6.45, 7) is 0. The molecule has 120 valence electrons. The van der Waals surface area contributed by atoms with Crippen LogP contribution < -0.4 is 0 Å². The molecule has 13 heteroatoms. The molecule has 3 nitrogen and oxygen atoms in total. The highest BCUT2D eigenvalue weighted by Crippen LogP contribution is 2.48. The zero-order valence-corrected chi connectivity index (χ0v) is 9.08. The van der Waals surface area contributed by atoms with Gasteiger partial charge < -0.3 is 4.74 Å². The third-order valence-electron chi connectivity index (χ3n) is 1.72. The first kappa shape index (κ1) is 18.7. The topological polar surface area (TPSA) is 35.5 Å². The summed E-state index contributed by atoms with van der Waals surface area (Å²) in [6, 6.07) is 0. The van der Waals surface area contributed by atoms with Crippen molar-refractivity contribution in [2.24, 2.45) is 0 Å². The third-order valence-corrected chi connectivity index (χ3v) is 1.72. The fourth-order valence-electron chi connectivity index (χ4n) is 0.672. The third kappa shape index (κ3) is 3.24. The Labute approximate surface area is 103 Å². The molecule has 0 bridgehead atoms. The Morgan fingerprint density at radius 3 is 1.65 bits per heavy atom. The first-order valence-corrected chi connectivity index (χ1v) is 4.21. The molecule has 0 radical (unpaired) electrons. The Hall–Kier alpha value is -1.27. The molecule has 0 aromatic heterocycles. The van der Waals surface area contributed by atoms with E-state index in [0.717, 1.165) is 0 Å². The molecule has 0 amide bonds. The van der Waals surface area contributed by atoms with E-state index in [1.165, 1.54) is 0 Å². The van der Waals surface area contributed by atoms with Crippen molar-refractivity contribution in [1.82, 2.24) is 0 Å². The van der Waals surface area contributed by atoms with Gasteiger partial charge in [0.05, 0.1) is 7.11 Å². The van der Waals surface area contributed by atoms with Gasteiger partial charge in [0.15, 0.2) is 0 Å². The molecule has 0 aromatic carbocycles. The molecule has 1 unspecified atom stereocenters. The molecule has 0 saturated carbocycles. The highest BCUT2D eigenvalue weighted by Gasteiger charge is 2.76. The van der Waals surface area contributed by atoms with Crippen molar-refractivity contribution in [3.05, 3.63) is 0 Å². The van der Waals surface area contributed by atoms with Crippen LogP contribution in [-0.2, 0) is 14.3 Å². The standard InChI is InChI=1S/C7H4F10O3/c1-19-3(18)4(9,10)2(8)20-7(16,17)5(11,12)6(13,14)15/h2H,1H3. The van der Waals surface area contributed by atoms with Gasteiger partial charge in [-0.15, -0.1) is 0 Å². The van der Waals surface area contributed by atoms with E-state index in [1.54, 1.807) is 0 Å². The Balaban J connectivity index is 5.26. The van der Waals surface area contributed by atoms with Crippen molar-refractivity contribution >= 4 is 5.97 Å². The van der Waals surface area contributed by atoms with Crippen molar-refractivity contribution in [2.75, 3.05) is 7.11 Å². The van der Waals surface area contributed by atoms with Crippen molar-refractivity contribution in [1.29, 1.82) is 0 Å². The Bertz CT molecular complexity index is 362. The second kappa shape index (κ2) is 5.26. The Morgan fingerprint density at radius 1 is 0.950 bits per heavy atom. The lowest BCUT2D eigenvalue weighted by molar-refractivity contribution is -0.448. The largest absolute Gasteiger partial charge is 0.464 e. The maximum atomic E-state index is 12.6. The van der Waals surface area contributed by atoms with E-state index < -0.39 is 36.5 Å². The fraction of sp³-hybridized carbons (Fsp3) is 0.857. The van der Waals surface area contributed by atoms with Crippen LogP contribution in [0.3, 0.4) is 0 Å². The number of alkyl halides is 10. The van der Waals surface area contributed by atoms with Gasteiger partial charge in [-0.25, -0.2) is 9.18 Å². The number of hydrogen-bond acceptors (Lipinski definition) is 3. The molecule has 0 heterocycles. The van der Waals surface area contributed by atoms with Gasteiger partial charge in [-0.3, -0.25) is 4.74 Å². The molecule has 0 spiro atoms. The lowest BCUT2D eigenvalue weighted by Crippen LogP contribution is -2.56. The molecule has 0 aliphatic carbocycles. The molecule has 0 fully saturated rings. The minimum Gasteiger partial charge on any atom is -0.464 e. The number of methoxy groups -OCH3 is 1. The predicted octanol–water partition coefficient (Wildman–Crippen LogP) is 2.90. The number of ether oxygens (including phenoxy) is 2. The lowest BCUT2D eigenvalue weighted by atomic mass is 10.3. The number of esters is 1. The van der Waals surface area contributed by atoms with E-state index in [0.29, 0.717) is 0 Å². The van der Waals surface area contributed by atoms with Crippen LogP contribution in [0.25, 0.3) is 0 Å². The van der Waals surface area contributed by atoms with Crippen LogP contribution in [-0.4, -0.2) is 43.6 Å². The van der Waals surface area contributed by atoms with E-state index >= 15 is 0 Å². The van der Waals surface area contributed by atoms with Gasteiger partial charge in [0.25, 0.3) is 6.36 Å². The van der Waals surface area contributed by atoms with Gasteiger partial charge in [0.1, 0.15) is 0 Å². The minimum absolute atomic E-state index is 0.255. The maximum absolute atomic E-state index is 12.6. The van der Waals surface area contributed by atoms with Crippen molar-refractivity contribution in [3.8, 4) is 0 Å². The van der Waals surface area contributed by atoms with E-state index in [4.69, 9.17) is 0 Å². The molecule has 0 aromatic rings. The van der Waals surface area contributed by atoms with Crippen LogP contribution >= 0.6 is 0 Å².